The predicted octanol–water partition coefficient (Wildman–Crippen LogP) is 0.871. The van der Waals surface area contributed by atoms with Gasteiger partial charge >= 0.3 is 0 Å². The molecule has 2 saturated heterocycles. The van der Waals surface area contributed by atoms with E-state index in [-0.39, 0.29) is 5.92 Å². The van der Waals surface area contributed by atoms with Crippen molar-refractivity contribution in [3.05, 3.63) is 0 Å². The van der Waals surface area contributed by atoms with Crippen LogP contribution < -0.4 is 5.32 Å². The molecule has 2 atom stereocenters. The molecule has 17 heavy (non-hydrogen) atoms. The van der Waals surface area contributed by atoms with E-state index in [0.29, 0.717) is 11.8 Å². The quantitative estimate of drug-likeness (QED) is 0.793. The largest absolute Gasteiger partial charge is 0.381 e. The molecule has 2 aliphatic heterocycles. The van der Waals surface area contributed by atoms with Gasteiger partial charge in [-0.05, 0) is 32.7 Å². The van der Waals surface area contributed by atoms with Gasteiger partial charge in [0.1, 0.15) is 0 Å². The van der Waals surface area contributed by atoms with Crippen LogP contribution in [0.4, 0.5) is 0 Å². The smallest absolute Gasteiger partial charge is 0.226 e. The van der Waals surface area contributed by atoms with Crippen molar-refractivity contribution < 1.29 is 9.53 Å². The average molecular weight is 240 g/mol. The van der Waals surface area contributed by atoms with E-state index < -0.39 is 0 Å². The van der Waals surface area contributed by atoms with Crippen molar-refractivity contribution >= 4 is 5.91 Å². The number of hydrogen-bond donors (Lipinski definition) is 1. The summed E-state index contributed by atoms with van der Waals surface area (Å²) in [6.07, 6.45) is 3.27. The lowest BCUT2D eigenvalue weighted by Crippen LogP contribution is -2.44. The highest BCUT2D eigenvalue weighted by Crippen LogP contribution is 2.18. The topological polar surface area (TPSA) is 41.6 Å². The van der Waals surface area contributed by atoms with Gasteiger partial charge in [0.2, 0.25) is 5.91 Å². The fourth-order valence-corrected chi connectivity index (χ4v) is 2.73. The minimum atomic E-state index is 0.200. The van der Waals surface area contributed by atoms with Crippen LogP contribution in [-0.2, 0) is 9.53 Å². The summed E-state index contributed by atoms with van der Waals surface area (Å²) in [5.74, 6) is 1.09. The third-order valence-electron chi connectivity index (χ3n) is 3.84. The second kappa shape index (κ2) is 6.36. The SMILES string of the molecule is CCN(CC1CCOC1)C(=O)C1CCCNC1. The summed E-state index contributed by atoms with van der Waals surface area (Å²) in [5.41, 5.74) is 0. The van der Waals surface area contributed by atoms with E-state index in [9.17, 15) is 4.79 Å². The van der Waals surface area contributed by atoms with E-state index in [4.69, 9.17) is 4.74 Å². The Labute approximate surface area is 104 Å². The fraction of sp³-hybridized carbons (Fsp3) is 0.923. The minimum Gasteiger partial charge on any atom is -0.381 e. The van der Waals surface area contributed by atoms with Crippen LogP contribution in [0.15, 0.2) is 0 Å². The number of carbonyl (C=O) groups is 1. The number of amides is 1. The van der Waals surface area contributed by atoms with E-state index >= 15 is 0 Å². The summed E-state index contributed by atoms with van der Waals surface area (Å²) in [4.78, 5) is 14.4. The van der Waals surface area contributed by atoms with E-state index in [2.05, 4.69) is 12.2 Å². The maximum atomic E-state index is 12.4. The predicted molar refractivity (Wildman–Crippen MR) is 66.8 cm³/mol. The van der Waals surface area contributed by atoms with Gasteiger partial charge in [0.15, 0.2) is 0 Å². The second-order valence-corrected chi connectivity index (χ2v) is 5.15. The molecule has 4 nitrogen and oxygen atoms in total. The third kappa shape index (κ3) is 3.42. The molecule has 0 spiro atoms. The summed E-state index contributed by atoms with van der Waals surface area (Å²) in [5, 5.41) is 3.32. The molecule has 2 fully saturated rings. The zero-order valence-corrected chi connectivity index (χ0v) is 10.8. The molecule has 1 amide bonds. The fourth-order valence-electron chi connectivity index (χ4n) is 2.73. The van der Waals surface area contributed by atoms with Gasteiger partial charge in [-0.2, -0.15) is 0 Å². The van der Waals surface area contributed by atoms with Gasteiger partial charge < -0.3 is 15.0 Å². The highest BCUT2D eigenvalue weighted by atomic mass is 16.5. The van der Waals surface area contributed by atoms with Crippen molar-refractivity contribution in [3.63, 3.8) is 0 Å². The van der Waals surface area contributed by atoms with Gasteiger partial charge in [0, 0.05) is 32.2 Å². The molecule has 0 aliphatic carbocycles. The zero-order chi connectivity index (χ0) is 12.1. The van der Waals surface area contributed by atoms with Crippen LogP contribution in [0.25, 0.3) is 0 Å². The minimum absolute atomic E-state index is 0.200. The van der Waals surface area contributed by atoms with Crippen molar-refractivity contribution in [2.24, 2.45) is 11.8 Å². The Morgan fingerprint density at radius 2 is 2.35 bits per heavy atom. The molecule has 0 aromatic rings. The van der Waals surface area contributed by atoms with Gasteiger partial charge in [0.25, 0.3) is 0 Å². The molecule has 0 radical (unpaired) electrons. The molecule has 2 aliphatic rings. The lowest BCUT2D eigenvalue weighted by Gasteiger charge is -2.30. The standard InChI is InChI=1S/C13H24N2O2/c1-2-15(9-11-5-7-17-10-11)13(16)12-4-3-6-14-8-12/h11-12,14H,2-10H2,1H3. The van der Waals surface area contributed by atoms with Crippen molar-refractivity contribution in [1.82, 2.24) is 10.2 Å². The number of carbonyl (C=O) groups excluding carboxylic acids is 1. The van der Waals surface area contributed by atoms with Gasteiger partial charge in [-0.3, -0.25) is 4.79 Å². The molecular weight excluding hydrogens is 216 g/mol. The first kappa shape index (κ1) is 12.8. The van der Waals surface area contributed by atoms with Crippen LogP contribution in [0.5, 0.6) is 0 Å². The molecule has 0 bridgehead atoms. The van der Waals surface area contributed by atoms with Crippen molar-refractivity contribution in [2.45, 2.75) is 26.2 Å². The highest BCUT2D eigenvalue weighted by molar-refractivity contribution is 5.79. The van der Waals surface area contributed by atoms with Gasteiger partial charge in [-0.25, -0.2) is 0 Å². The monoisotopic (exact) mass is 240 g/mol. The molecule has 0 saturated carbocycles. The molecule has 0 aromatic carbocycles. The van der Waals surface area contributed by atoms with Crippen LogP contribution in [-0.4, -0.2) is 50.2 Å². The van der Waals surface area contributed by atoms with E-state index in [0.717, 1.165) is 58.7 Å². The van der Waals surface area contributed by atoms with Crippen LogP contribution >= 0.6 is 0 Å². The Morgan fingerprint density at radius 3 is 2.94 bits per heavy atom. The lowest BCUT2D eigenvalue weighted by atomic mass is 9.97. The van der Waals surface area contributed by atoms with Crippen LogP contribution in [0.1, 0.15) is 26.2 Å². The first-order chi connectivity index (χ1) is 8.31. The average Bonchev–Trinajstić information content (AvgIpc) is 2.89. The van der Waals surface area contributed by atoms with E-state index in [1.807, 2.05) is 4.90 Å². The Balaban J connectivity index is 1.84. The van der Waals surface area contributed by atoms with Crippen molar-refractivity contribution in [1.29, 1.82) is 0 Å². The van der Waals surface area contributed by atoms with Gasteiger partial charge in [-0.1, -0.05) is 0 Å². The number of nitrogens with one attached hydrogen (secondary N) is 1. The molecule has 4 heteroatoms. The molecule has 2 unspecified atom stereocenters. The molecule has 2 heterocycles. The zero-order valence-electron chi connectivity index (χ0n) is 10.8. The molecule has 1 N–H and O–H groups in total. The molecule has 2 rings (SSSR count). The number of ether oxygens (including phenoxy) is 1. The molecular formula is C13H24N2O2. The first-order valence-electron chi connectivity index (χ1n) is 6.88. The number of hydrogen-bond acceptors (Lipinski definition) is 3. The summed E-state index contributed by atoms with van der Waals surface area (Å²) in [6, 6.07) is 0. The second-order valence-electron chi connectivity index (χ2n) is 5.15. The molecule has 0 aromatic heterocycles. The van der Waals surface area contributed by atoms with Crippen LogP contribution in [0.3, 0.4) is 0 Å². The Kier molecular flexibility index (Phi) is 4.80. The van der Waals surface area contributed by atoms with Crippen molar-refractivity contribution in [3.8, 4) is 0 Å². The highest BCUT2D eigenvalue weighted by Gasteiger charge is 2.27. The Bertz CT molecular complexity index is 246. The number of rotatable bonds is 4. The van der Waals surface area contributed by atoms with Crippen molar-refractivity contribution in [2.75, 3.05) is 39.4 Å². The maximum absolute atomic E-state index is 12.4. The summed E-state index contributed by atoms with van der Waals surface area (Å²) >= 11 is 0. The summed E-state index contributed by atoms with van der Waals surface area (Å²) in [7, 11) is 0. The Morgan fingerprint density at radius 1 is 1.47 bits per heavy atom. The summed E-state index contributed by atoms with van der Waals surface area (Å²) < 4.78 is 5.38. The lowest BCUT2D eigenvalue weighted by molar-refractivity contribution is -0.136. The molecule has 98 valence electrons. The summed E-state index contributed by atoms with van der Waals surface area (Å²) in [6.45, 7) is 7.39. The number of piperidine rings is 1. The van der Waals surface area contributed by atoms with Crippen LogP contribution in [0, 0.1) is 11.8 Å². The van der Waals surface area contributed by atoms with E-state index in [1.165, 1.54) is 0 Å². The normalized spacial score (nSPS) is 29.2. The van der Waals surface area contributed by atoms with Gasteiger partial charge in [-0.15, -0.1) is 0 Å². The van der Waals surface area contributed by atoms with E-state index in [1.54, 1.807) is 0 Å². The maximum Gasteiger partial charge on any atom is 0.226 e. The Hall–Kier alpha value is -0.610. The third-order valence-corrected chi connectivity index (χ3v) is 3.84. The number of nitrogens with zero attached hydrogens (tertiary/aromatic N) is 1. The first-order valence-corrected chi connectivity index (χ1v) is 6.88. The van der Waals surface area contributed by atoms with Crippen LogP contribution in [0.2, 0.25) is 0 Å². The van der Waals surface area contributed by atoms with Gasteiger partial charge in [0.05, 0.1) is 12.5 Å².